The monoisotopic (exact) mass is 386 g/mol. The summed E-state index contributed by atoms with van der Waals surface area (Å²) in [5.74, 6) is -0.405. The number of amides is 1. The van der Waals surface area contributed by atoms with Gasteiger partial charge in [0.05, 0.1) is 22.7 Å². The second-order valence-electron chi connectivity index (χ2n) is 6.78. The second kappa shape index (κ2) is 7.13. The van der Waals surface area contributed by atoms with Crippen LogP contribution in [0.15, 0.2) is 53.6 Å². The smallest absolute Gasteiger partial charge is 0.283 e. The molecule has 0 aliphatic carbocycles. The van der Waals surface area contributed by atoms with E-state index in [9.17, 15) is 13.2 Å². The lowest BCUT2D eigenvalue weighted by Gasteiger charge is -2.21. The molecule has 2 N–H and O–H groups in total. The van der Waals surface area contributed by atoms with Crippen LogP contribution in [0.1, 0.15) is 11.1 Å². The maximum atomic E-state index is 12.9. The molecule has 3 rings (SSSR count). The topological polar surface area (TPSA) is 98.3 Å². The molecule has 7 nitrogen and oxygen atoms in total. The zero-order valence-electron chi connectivity index (χ0n) is 15.5. The number of likely N-dealkylation sites (N-methyl/N-ethyl adjacent to an activating group) is 1. The Labute approximate surface area is 158 Å². The van der Waals surface area contributed by atoms with Crippen LogP contribution in [-0.2, 0) is 21.2 Å². The fraction of sp³-hybridized carbons (Fsp3) is 0.263. The molecule has 3 aromatic rings. The van der Waals surface area contributed by atoms with Crippen LogP contribution in [0, 0.1) is 6.92 Å². The highest BCUT2D eigenvalue weighted by atomic mass is 32.2. The fourth-order valence-corrected chi connectivity index (χ4v) is 4.22. The molecule has 0 aliphatic heterocycles. The van der Waals surface area contributed by atoms with Crippen LogP contribution < -0.4 is 5.73 Å². The van der Waals surface area contributed by atoms with E-state index >= 15 is 0 Å². The third kappa shape index (κ3) is 3.72. The van der Waals surface area contributed by atoms with E-state index in [1.807, 2.05) is 13.0 Å². The van der Waals surface area contributed by atoms with E-state index < -0.39 is 22.0 Å². The maximum Gasteiger partial charge on any atom is 0.283 e. The summed E-state index contributed by atoms with van der Waals surface area (Å²) in [7, 11) is -0.195. The molecule has 27 heavy (non-hydrogen) atoms. The standard InChI is InChI=1S/C19H22N4O3S/c1-13-4-7-16(8-5-13)27(25,26)23-17-9-6-14(10-15(17)12-21-23)11-18(19(20)24)22(2)3/h4-10,12,18H,11H2,1-3H3,(H2,20,24)/t18-/m0/s1. The maximum absolute atomic E-state index is 12.9. The summed E-state index contributed by atoms with van der Waals surface area (Å²) in [6, 6.07) is 11.5. The highest BCUT2D eigenvalue weighted by molar-refractivity contribution is 7.90. The molecule has 0 bridgehead atoms. The van der Waals surface area contributed by atoms with Crippen molar-refractivity contribution in [1.82, 2.24) is 14.1 Å². The Morgan fingerprint density at radius 2 is 1.85 bits per heavy atom. The lowest BCUT2D eigenvalue weighted by molar-refractivity contribution is -0.122. The number of aromatic nitrogens is 2. The molecule has 0 unspecified atom stereocenters. The minimum absolute atomic E-state index is 0.184. The van der Waals surface area contributed by atoms with Crippen molar-refractivity contribution >= 4 is 26.8 Å². The van der Waals surface area contributed by atoms with Gasteiger partial charge in [-0.15, -0.1) is 0 Å². The minimum atomic E-state index is -3.78. The van der Waals surface area contributed by atoms with Crippen LogP contribution in [0.5, 0.6) is 0 Å². The first kappa shape index (κ1) is 19.1. The first-order valence-corrected chi connectivity index (χ1v) is 9.89. The quantitative estimate of drug-likeness (QED) is 0.693. The largest absolute Gasteiger partial charge is 0.368 e. The van der Waals surface area contributed by atoms with Gasteiger partial charge < -0.3 is 5.73 Å². The van der Waals surface area contributed by atoms with Crippen molar-refractivity contribution in [3.63, 3.8) is 0 Å². The number of nitrogens with zero attached hydrogens (tertiary/aromatic N) is 3. The summed E-state index contributed by atoms with van der Waals surface area (Å²) in [5, 5.41) is 4.77. The van der Waals surface area contributed by atoms with Crippen molar-refractivity contribution in [2.75, 3.05) is 14.1 Å². The minimum Gasteiger partial charge on any atom is -0.368 e. The van der Waals surface area contributed by atoms with Crippen LogP contribution in [-0.4, -0.2) is 48.5 Å². The van der Waals surface area contributed by atoms with Crippen molar-refractivity contribution in [1.29, 1.82) is 0 Å². The number of carbonyl (C=O) groups excluding carboxylic acids is 1. The van der Waals surface area contributed by atoms with Crippen LogP contribution in [0.3, 0.4) is 0 Å². The van der Waals surface area contributed by atoms with E-state index in [-0.39, 0.29) is 4.90 Å². The Kier molecular flexibility index (Phi) is 5.03. The highest BCUT2D eigenvalue weighted by Crippen LogP contribution is 2.22. The number of rotatable bonds is 6. The average Bonchev–Trinajstić information content (AvgIpc) is 3.03. The van der Waals surface area contributed by atoms with Gasteiger partial charge in [0.2, 0.25) is 5.91 Å². The van der Waals surface area contributed by atoms with Gasteiger partial charge in [0.1, 0.15) is 0 Å². The molecule has 0 saturated carbocycles. The van der Waals surface area contributed by atoms with E-state index in [1.165, 1.54) is 6.20 Å². The number of primary amides is 1. The number of hydrogen-bond acceptors (Lipinski definition) is 5. The summed E-state index contributed by atoms with van der Waals surface area (Å²) < 4.78 is 26.8. The molecule has 0 saturated heterocycles. The van der Waals surface area contributed by atoms with Crippen molar-refractivity contribution < 1.29 is 13.2 Å². The number of hydrogen-bond donors (Lipinski definition) is 1. The summed E-state index contributed by atoms with van der Waals surface area (Å²) in [5.41, 5.74) is 7.81. The third-order valence-electron chi connectivity index (χ3n) is 4.53. The zero-order chi connectivity index (χ0) is 19.8. The van der Waals surface area contributed by atoms with Gasteiger partial charge in [-0.2, -0.15) is 17.6 Å². The van der Waals surface area contributed by atoms with Gasteiger partial charge in [0, 0.05) is 5.39 Å². The molecule has 1 atom stereocenters. The van der Waals surface area contributed by atoms with Crippen molar-refractivity contribution in [2.24, 2.45) is 5.73 Å². The number of nitrogens with two attached hydrogens (primary N) is 1. The third-order valence-corrected chi connectivity index (χ3v) is 6.14. The molecule has 8 heteroatoms. The predicted octanol–water partition coefficient (Wildman–Crippen LogP) is 1.54. The number of aryl methyl sites for hydroxylation is 1. The number of carbonyl (C=O) groups is 1. The molecule has 1 heterocycles. The van der Waals surface area contributed by atoms with Gasteiger partial charge in [-0.1, -0.05) is 23.8 Å². The highest BCUT2D eigenvalue weighted by Gasteiger charge is 2.22. The number of benzene rings is 2. The SMILES string of the molecule is Cc1ccc(S(=O)(=O)n2ncc3cc(C[C@@H](C(N)=O)N(C)C)ccc32)cc1. The van der Waals surface area contributed by atoms with E-state index in [4.69, 9.17) is 5.73 Å². The second-order valence-corrected chi connectivity index (χ2v) is 8.55. The Balaban J connectivity index is 1.98. The molecule has 0 aliphatic rings. The van der Waals surface area contributed by atoms with Crippen molar-refractivity contribution in [3.8, 4) is 0 Å². The Morgan fingerprint density at radius 1 is 1.19 bits per heavy atom. The fourth-order valence-electron chi connectivity index (χ4n) is 2.95. The molecule has 0 radical (unpaired) electrons. The summed E-state index contributed by atoms with van der Waals surface area (Å²) >= 11 is 0. The summed E-state index contributed by atoms with van der Waals surface area (Å²) in [6.45, 7) is 1.90. The Bertz CT molecular complexity index is 1090. The van der Waals surface area contributed by atoms with Crippen LogP contribution in [0.2, 0.25) is 0 Å². The molecular weight excluding hydrogens is 364 g/mol. The summed E-state index contributed by atoms with van der Waals surface area (Å²) in [6.07, 6.45) is 1.95. The first-order chi connectivity index (χ1) is 12.7. The van der Waals surface area contributed by atoms with Gasteiger partial charge >= 0.3 is 0 Å². The molecule has 1 aromatic heterocycles. The molecule has 1 amide bonds. The zero-order valence-corrected chi connectivity index (χ0v) is 16.3. The van der Waals surface area contributed by atoms with Crippen LogP contribution >= 0.6 is 0 Å². The molecule has 2 aromatic carbocycles. The molecular formula is C19H22N4O3S. The lowest BCUT2D eigenvalue weighted by Crippen LogP contribution is -2.41. The van der Waals surface area contributed by atoms with Crippen molar-refractivity contribution in [3.05, 3.63) is 59.8 Å². The van der Waals surface area contributed by atoms with E-state index in [0.717, 1.165) is 15.2 Å². The normalized spacial score (nSPS) is 13.2. The van der Waals surface area contributed by atoms with E-state index in [0.29, 0.717) is 17.3 Å². The Hall–Kier alpha value is -2.71. The number of fused-ring (bicyclic) bond motifs is 1. The van der Waals surface area contributed by atoms with Crippen LogP contribution in [0.25, 0.3) is 10.9 Å². The average molecular weight is 386 g/mol. The van der Waals surface area contributed by atoms with Crippen molar-refractivity contribution in [2.45, 2.75) is 24.3 Å². The van der Waals surface area contributed by atoms with E-state index in [1.54, 1.807) is 55.4 Å². The van der Waals surface area contributed by atoms with Gasteiger partial charge in [0.15, 0.2) is 0 Å². The van der Waals surface area contributed by atoms with E-state index in [2.05, 4.69) is 5.10 Å². The summed E-state index contributed by atoms with van der Waals surface area (Å²) in [4.78, 5) is 13.6. The Morgan fingerprint density at radius 3 is 2.44 bits per heavy atom. The predicted molar refractivity (Wildman–Crippen MR) is 104 cm³/mol. The van der Waals surface area contributed by atoms with Crippen LogP contribution in [0.4, 0.5) is 0 Å². The lowest BCUT2D eigenvalue weighted by atomic mass is 10.0. The molecule has 142 valence electrons. The van der Waals surface area contributed by atoms with Gasteiger partial charge in [-0.05, 0) is 57.3 Å². The van der Waals surface area contributed by atoms with Gasteiger partial charge in [0.25, 0.3) is 10.0 Å². The van der Waals surface area contributed by atoms with Gasteiger partial charge in [-0.3, -0.25) is 9.69 Å². The van der Waals surface area contributed by atoms with Gasteiger partial charge in [-0.25, -0.2) is 0 Å². The molecule has 0 fully saturated rings. The first-order valence-electron chi connectivity index (χ1n) is 8.45. The molecule has 0 spiro atoms.